The molecule has 1 aliphatic rings. The fourth-order valence-corrected chi connectivity index (χ4v) is 3.90. The molecule has 0 bridgehead atoms. The highest BCUT2D eigenvalue weighted by Crippen LogP contribution is 2.41. The molecule has 1 N–H and O–H groups in total. The van der Waals surface area contributed by atoms with Crippen molar-refractivity contribution in [2.24, 2.45) is 4.99 Å². The van der Waals surface area contributed by atoms with E-state index in [1.54, 1.807) is 6.92 Å². The maximum absolute atomic E-state index is 15.2. The van der Waals surface area contributed by atoms with Gasteiger partial charge in [0.15, 0.2) is 11.6 Å². The Hall–Kier alpha value is -3.69. The molecule has 0 radical (unpaired) electrons. The number of aliphatic imine (C=N–C) groups is 1. The lowest BCUT2D eigenvalue weighted by molar-refractivity contribution is 0.157. The van der Waals surface area contributed by atoms with E-state index in [-0.39, 0.29) is 11.4 Å². The van der Waals surface area contributed by atoms with Crippen molar-refractivity contribution in [1.82, 2.24) is 15.0 Å². The Morgan fingerprint density at radius 3 is 2.41 bits per heavy atom. The van der Waals surface area contributed by atoms with E-state index < -0.39 is 51.8 Å². The summed E-state index contributed by atoms with van der Waals surface area (Å²) < 4.78 is 59.3. The smallest absolute Gasteiger partial charge is 0.282 e. The maximum Gasteiger partial charge on any atom is 0.282 e. The van der Waals surface area contributed by atoms with Gasteiger partial charge in [-0.05, 0) is 37.6 Å². The third kappa shape index (κ3) is 3.22. The summed E-state index contributed by atoms with van der Waals surface area (Å²) in [6.07, 6.45) is 1.35. The first-order valence-corrected chi connectivity index (χ1v) is 9.60. The standard InChI is InChI=1S/C22H18F4N4O2/c1-11-18(24)19(25)17(20(26)27-11)22(14-5-7-15(23)8-6-14)12(2)28-21(29-22)13-4-9-16(31)30(10-13)32-3/h4-10,12H,1-3H3,(H,28,29)/t12-,22+/m0/s1. The number of benzene rings is 1. The van der Waals surface area contributed by atoms with Crippen LogP contribution in [-0.2, 0) is 5.54 Å². The van der Waals surface area contributed by atoms with Crippen LogP contribution < -0.4 is 15.7 Å². The zero-order chi connectivity index (χ0) is 23.2. The Morgan fingerprint density at radius 2 is 1.75 bits per heavy atom. The fraction of sp³-hybridized carbons (Fsp3) is 0.227. The normalized spacial score (nSPS) is 20.1. The van der Waals surface area contributed by atoms with Crippen LogP contribution in [0.3, 0.4) is 0 Å². The molecule has 0 amide bonds. The van der Waals surface area contributed by atoms with Crippen molar-refractivity contribution >= 4 is 5.84 Å². The Balaban J connectivity index is 1.95. The van der Waals surface area contributed by atoms with E-state index >= 15 is 8.78 Å². The summed E-state index contributed by atoms with van der Waals surface area (Å²) in [5.41, 5.74) is -2.67. The van der Waals surface area contributed by atoms with E-state index in [0.29, 0.717) is 5.56 Å². The Kier molecular flexibility index (Phi) is 5.23. The summed E-state index contributed by atoms with van der Waals surface area (Å²) in [7, 11) is 1.30. The number of aromatic nitrogens is 2. The highest BCUT2D eigenvalue weighted by molar-refractivity contribution is 6.01. The highest BCUT2D eigenvalue weighted by Gasteiger charge is 2.50. The van der Waals surface area contributed by atoms with Gasteiger partial charge in [-0.15, -0.1) is 0 Å². The monoisotopic (exact) mass is 446 g/mol. The van der Waals surface area contributed by atoms with Crippen molar-refractivity contribution in [3.8, 4) is 0 Å². The number of rotatable bonds is 4. The van der Waals surface area contributed by atoms with Gasteiger partial charge in [0.1, 0.15) is 24.3 Å². The SMILES string of the molecule is COn1cc(C2=N[C@@H](C)[C@@](c3ccc(F)cc3)(c3c(F)nc(C)c(F)c3F)N2)ccc1=O. The second kappa shape index (κ2) is 7.77. The molecule has 32 heavy (non-hydrogen) atoms. The second-order valence-electron chi connectivity index (χ2n) is 7.35. The number of halogens is 4. The molecular formula is C22H18F4N4O2. The molecule has 0 aliphatic carbocycles. The molecule has 1 aromatic carbocycles. The zero-order valence-electron chi connectivity index (χ0n) is 17.3. The summed E-state index contributed by atoms with van der Waals surface area (Å²) in [4.78, 5) is 24.8. The van der Waals surface area contributed by atoms with E-state index in [0.717, 1.165) is 23.8 Å². The summed E-state index contributed by atoms with van der Waals surface area (Å²) >= 11 is 0. The number of nitrogens with one attached hydrogen (secondary N) is 1. The number of hydrogen-bond donors (Lipinski definition) is 1. The van der Waals surface area contributed by atoms with E-state index in [4.69, 9.17) is 4.84 Å². The molecule has 10 heteroatoms. The topological polar surface area (TPSA) is 68.5 Å². The lowest BCUT2D eigenvalue weighted by Crippen LogP contribution is -2.49. The molecule has 0 saturated carbocycles. The van der Waals surface area contributed by atoms with E-state index in [1.165, 1.54) is 37.6 Å². The molecule has 3 heterocycles. The summed E-state index contributed by atoms with van der Waals surface area (Å²) in [5, 5.41) is 2.99. The fourth-order valence-electron chi connectivity index (χ4n) is 3.90. The van der Waals surface area contributed by atoms with Crippen LogP contribution in [-0.4, -0.2) is 28.7 Å². The molecule has 0 fully saturated rings. The maximum atomic E-state index is 15.2. The minimum absolute atomic E-state index is 0.174. The zero-order valence-corrected chi connectivity index (χ0v) is 17.3. The molecule has 4 rings (SSSR count). The van der Waals surface area contributed by atoms with Crippen LogP contribution in [0, 0.1) is 30.3 Å². The highest BCUT2D eigenvalue weighted by atomic mass is 19.2. The van der Waals surface area contributed by atoms with Gasteiger partial charge in [0.25, 0.3) is 5.56 Å². The van der Waals surface area contributed by atoms with Gasteiger partial charge in [-0.1, -0.05) is 12.1 Å². The first-order valence-electron chi connectivity index (χ1n) is 9.60. The van der Waals surface area contributed by atoms with Crippen LogP contribution in [0.25, 0.3) is 0 Å². The second-order valence-corrected chi connectivity index (χ2v) is 7.35. The van der Waals surface area contributed by atoms with Crippen molar-refractivity contribution in [2.45, 2.75) is 25.4 Å². The molecule has 1 aliphatic heterocycles. The van der Waals surface area contributed by atoms with E-state index in [2.05, 4.69) is 15.3 Å². The average molecular weight is 446 g/mol. The predicted molar refractivity (Wildman–Crippen MR) is 108 cm³/mol. The van der Waals surface area contributed by atoms with Gasteiger partial charge >= 0.3 is 0 Å². The Labute approximate surface area is 180 Å². The number of amidine groups is 1. The number of nitrogens with zero attached hydrogens (tertiary/aromatic N) is 3. The van der Waals surface area contributed by atoms with Gasteiger partial charge in [-0.25, -0.2) is 18.2 Å². The van der Waals surface area contributed by atoms with Gasteiger partial charge in [0.05, 0.1) is 23.5 Å². The summed E-state index contributed by atoms with van der Waals surface area (Å²) in [6, 6.07) is 6.75. The van der Waals surface area contributed by atoms with Crippen LogP contribution in [0.15, 0.2) is 52.4 Å². The van der Waals surface area contributed by atoms with Crippen molar-refractivity contribution in [3.63, 3.8) is 0 Å². The number of aryl methyl sites for hydroxylation is 1. The Bertz CT molecular complexity index is 1290. The summed E-state index contributed by atoms with van der Waals surface area (Å²) in [5.74, 6) is -4.32. The van der Waals surface area contributed by atoms with Crippen LogP contribution in [0.1, 0.15) is 29.3 Å². The van der Waals surface area contributed by atoms with Crippen molar-refractivity contribution < 1.29 is 22.4 Å². The molecule has 0 unspecified atom stereocenters. The van der Waals surface area contributed by atoms with Crippen LogP contribution in [0.4, 0.5) is 17.6 Å². The van der Waals surface area contributed by atoms with Gasteiger partial charge < -0.3 is 10.2 Å². The van der Waals surface area contributed by atoms with Gasteiger partial charge in [-0.3, -0.25) is 9.79 Å². The van der Waals surface area contributed by atoms with Gasteiger partial charge in [0.2, 0.25) is 5.95 Å². The van der Waals surface area contributed by atoms with Crippen LogP contribution in [0.5, 0.6) is 0 Å². The number of pyridine rings is 2. The van der Waals surface area contributed by atoms with Crippen LogP contribution >= 0.6 is 0 Å². The van der Waals surface area contributed by atoms with Crippen LogP contribution in [0.2, 0.25) is 0 Å². The molecule has 166 valence electrons. The third-order valence-corrected chi connectivity index (χ3v) is 5.51. The molecule has 2 aromatic heterocycles. The van der Waals surface area contributed by atoms with Crippen molar-refractivity contribution in [1.29, 1.82) is 0 Å². The van der Waals surface area contributed by atoms with Gasteiger partial charge in [0, 0.05) is 11.6 Å². The van der Waals surface area contributed by atoms with Crippen molar-refractivity contribution in [3.05, 3.63) is 98.7 Å². The predicted octanol–water partition coefficient (Wildman–Crippen LogP) is 2.85. The lowest BCUT2D eigenvalue weighted by Gasteiger charge is -2.35. The molecular weight excluding hydrogens is 428 g/mol. The Morgan fingerprint density at radius 1 is 1.06 bits per heavy atom. The number of hydrogen-bond acceptors (Lipinski definition) is 5. The first kappa shape index (κ1) is 21.5. The molecule has 3 aromatic rings. The molecule has 6 nitrogen and oxygen atoms in total. The summed E-state index contributed by atoms with van der Waals surface area (Å²) in [6.45, 7) is 2.73. The van der Waals surface area contributed by atoms with E-state index in [1.807, 2.05) is 0 Å². The third-order valence-electron chi connectivity index (χ3n) is 5.51. The largest absolute Gasteiger partial charge is 0.414 e. The minimum atomic E-state index is -1.74. The quantitative estimate of drug-likeness (QED) is 0.495. The average Bonchev–Trinajstić information content (AvgIpc) is 3.10. The minimum Gasteiger partial charge on any atom is -0.414 e. The van der Waals surface area contributed by atoms with E-state index in [9.17, 15) is 13.6 Å². The lowest BCUT2D eigenvalue weighted by atomic mass is 9.78. The van der Waals surface area contributed by atoms with Gasteiger partial charge in [-0.2, -0.15) is 9.12 Å². The molecule has 2 atom stereocenters. The first-order chi connectivity index (χ1) is 15.2. The molecule has 0 saturated heterocycles. The van der Waals surface area contributed by atoms with Crippen molar-refractivity contribution in [2.75, 3.05) is 7.11 Å². The molecule has 0 spiro atoms.